The summed E-state index contributed by atoms with van der Waals surface area (Å²) in [5, 5.41) is 3.20. The molecular weight excluding hydrogens is 430 g/mol. The average Bonchev–Trinajstić information content (AvgIpc) is 3.00. The Morgan fingerprint density at radius 2 is 1.55 bits per heavy atom. The fraction of sp³-hybridized carbons (Fsp3) is 0.125. The van der Waals surface area contributed by atoms with E-state index < -0.39 is 11.8 Å². The Morgan fingerprint density at radius 3 is 2.19 bits per heavy atom. The van der Waals surface area contributed by atoms with Gasteiger partial charge in [0.1, 0.15) is 5.57 Å². The van der Waals surface area contributed by atoms with E-state index in [4.69, 9.17) is 23.8 Å². The largest absolute Gasteiger partial charge is 0.318 e. The van der Waals surface area contributed by atoms with Crippen molar-refractivity contribution in [3.63, 3.8) is 0 Å². The van der Waals surface area contributed by atoms with E-state index in [-0.39, 0.29) is 10.7 Å². The summed E-state index contributed by atoms with van der Waals surface area (Å²) >= 11 is 11.2. The smallest absolute Gasteiger partial charge is 0.270 e. The van der Waals surface area contributed by atoms with E-state index in [0.29, 0.717) is 10.7 Å². The SMILES string of the molecule is Cc1ccc(-n2c(C)cc(/C=C3/C(=O)NC(=S)N(c4ccc(Cl)cc4)C3=O)c2C)cc1. The summed E-state index contributed by atoms with van der Waals surface area (Å²) in [4.78, 5) is 27.1. The monoisotopic (exact) mass is 449 g/mol. The fourth-order valence-corrected chi connectivity index (χ4v) is 4.07. The van der Waals surface area contributed by atoms with Crippen LogP contribution in [-0.4, -0.2) is 21.5 Å². The van der Waals surface area contributed by atoms with Crippen LogP contribution in [0.4, 0.5) is 5.69 Å². The van der Waals surface area contributed by atoms with Crippen molar-refractivity contribution in [2.24, 2.45) is 0 Å². The van der Waals surface area contributed by atoms with E-state index in [1.165, 1.54) is 10.5 Å². The number of aromatic nitrogens is 1. The van der Waals surface area contributed by atoms with E-state index in [2.05, 4.69) is 22.0 Å². The van der Waals surface area contributed by atoms with Crippen LogP contribution >= 0.6 is 23.8 Å². The lowest BCUT2D eigenvalue weighted by atomic mass is 10.1. The Morgan fingerprint density at radius 1 is 0.935 bits per heavy atom. The molecule has 1 aliphatic heterocycles. The number of carbonyl (C=O) groups excluding carboxylic acids is 2. The van der Waals surface area contributed by atoms with Crippen molar-refractivity contribution in [3.8, 4) is 5.69 Å². The zero-order valence-electron chi connectivity index (χ0n) is 17.3. The second-order valence-corrected chi connectivity index (χ2v) is 8.25. The maximum atomic E-state index is 13.2. The molecule has 0 bridgehead atoms. The third kappa shape index (κ3) is 3.92. The first-order valence-corrected chi connectivity index (χ1v) is 10.5. The Balaban J connectivity index is 1.75. The van der Waals surface area contributed by atoms with Gasteiger partial charge in [-0.1, -0.05) is 29.3 Å². The topological polar surface area (TPSA) is 54.3 Å². The molecule has 0 spiro atoms. The molecule has 5 nitrogen and oxygen atoms in total. The van der Waals surface area contributed by atoms with Crippen LogP contribution in [0.15, 0.2) is 60.2 Å². The van der Waals surface area contributed by atoms with Gasteiger partial charge in [-0.3, -0.25) is 19.8 Å². The molecule has 156 valence electrons. The molecular formula is C24H20ClN3O2S. The van der Waals surface area contributed by atoms with Crippen molar-refractivity contribution in [1.29, 1.82) is 0 Å². The number of amides is 2. The van der Waals surface area contributed by atoms with Gasteiger partial charge < -0.3 is 4.57 Å². The molecule has 1 aromatic heterocycles. The minimum Gasteiger partial charge on any atom is -0.318 e. The number of nitrogens with one attached hydrogen (secondary N) is 1. The van der Waals surface area contributed by atoms with Crippen LogP contribution in [0.3, 0.4) is 0 Å². The zero-order chi connectivity index (χ0) is 22.3. The molecule has 1 fully saturated rings. The summed E-state index contributed by atoms with van der Waals surface area (Å²) < 4.78 is 2.10. The van der Waals surface area contributed by atoms with Gasteiger partial charge in [0, 0.05) is 22.1 Å². The lowest BCUT2D eigenvalue weighted by molar-refractivity contribution is -0.122. The molecule has 2 amide bonds. The van der Waals surface area contributed by atoms with Gasteiger partial charge >= 0.3 is 0 Å². The van der Waals surface area contributed by atoms with Crippen molar-refractivity contribution >= 4 is 52.5 Å². The van der Waals surface area contributed by atoms with Gasteiger partial charge in [0.2, 0.25) is 0 Å². The number of thiocarbonyl (C=S) groups is 1. The maximum absolute atomic E-state index is 13.2. The number of halogens is 1. The van der Waals surface area contributed by atoms with E-state index in [1.807, 2.05) is 39.0 Å². The molecule has 2 heterocycles. The summed E-state index contributed by atoms with van der Waals surface area (Å²) in [5.41, 5.74) is 5.48. The number of hydrogen-bond donors (Lipinski definition) is 1. The summed E-state index contributed by atoms with van der Waals surface area (Å²) in [6.07, 6.45) is 1.62. The number of benzene rings is 2. The summed E-state index contributed by atoms with van der Waals surface area (Å²) in [5.74, 6) is -0.989. The number of carbonyl (C=O) groups is 2. The van der Waals surface area contributed by atoms with Gasteiger partial charge in [-0.25, -0.2) is 0 Å². The van der Waals surface area contributed by atoms with Crippen LogP contribution in [0.1, 0.15) is 22.5 Å². The third-order valence-corrected chi connectivity index (χ3v) is 5.79. The highest BCUT2D eigenvalue weighted by molar-refractivity contribution is 7.80. The molecule has 1 saturated heterocycles. The Labute approximate surface area is 190 Å². The quantitative estimate of drug-likeness (QED) is 0.352. The van der Waals surface area contributed by atoms with Crippen LogP contribution in [-0.2, 0) is 9.59 Å². The number of nitrogens with zero attached hydrogens (tertiary/aromatic N) is 2. The minimum atomic E-state index is -0.514. The van der Waals surface area contributed by atoms with Crippen LogP contribution in [0.2, 0.25) is 5.02 Å². The molecule has 0 radical (unpaired) electrons. The van der Waals surface area contributed by atoms with Crippen LogP contribution < -0.4 is 10.2 Å². The molecule has 0 saturated carbocycles. The second kappa shape index (κ2) is 8.13. The van der Waals surface area contributed by atoms with E-state index in [1.54, 1.807) is 30.3 Å². The number of aryl methyl sites for hydroxylation is 2. The molecule has 0 atom stereocenters. The first-order valence-electron chi connectivity index (χ1n) is 9.69. The van der Waals surface area contributed by atoms with Crippen LogP contribution in [0.25, 0.3) is 11.8 Å². The Hall–Kier alpha value is -3.22. The molecule has 0 aliphatic carbocycles. The highest BCUT2D eigenvalue weighted by Gasteiger charge is 2.34. The molecule has 31 heavy (non-hydrogen) atoms. The Bertz CT molecular complexity index is 1240. The molecule has 4 rings (SSSR count). The standard InChI is InChI=1S/C24H20ClN3O2S/c1-14-4-8-19(9-5-14)27-15(2)12-17(16(27)3)13-21-22(29)26-24(31)28(23(21)30)20-10-6-18(25)7-11-20/h4-13H,1-3H3,(H,26,29,31)/b21-13-. The highest BCUT2D eigenvalue weighted by Crippen LogP contribution is 2.27. The van der Waals surface area contributed by atoms with Crippen LogP contribution in [0.5, 0.6) is 0 Å². The number of anilines is 1. The zero-order valence-corrected chi connectivity index (χ0v) is 18.8. The van der Waals surface area contributed by atoms with Crippen molar-refractivity contribution in [2.45, 2.75) is 20.8 Å². The van der Waals surface area contributed by atoms with Crippen molar-refractivity contribution in [1.82, 2.24) is 9.88 Å². The molecule has 1 aliphatic rings. The predicted molar refractivity (Wildman–Crippen MR) is 128 cm³/mol. The first-order chi connectivity index (χ1) is 14.8. The molecule has 2 aromatic carbocycles. The van der Waals surface area contributed by atoms with Crippen molar-refractivity contribution in [3.05, 3.63) is 87.7 Å². The predicted octanol–water partition coefficient (Wildman–Crippen LogP) is 4.89. The van der Waals surface area contributed by atoms with Gasteiger partial charge in [0.25, 0.3) is 11.8 Å². The van der Waals surface area contributed by atoms with Gasteiger partial charge in [0.15, 0.2) is 5.11 Å². The van der Waals surface area contributed by atoms with Gasteiger partial charge in [-0.15, -0.1) is 0 Å². The third-order valence-electron chi connectivity index (χ3n) is 5.25. The molecule has 7 heteroatoms. The normalized spacial score (nSPS) is 15.5. The average molecular weight is 450 g/mol. The summed E-state index contributed by atoms with van der Waals surface area (Å²) in [6, 6.07) is 16.9. The van der Waals surface area contributed by atoms with Crippen LogP contribution in [0, 0.1) is 20.8 Å². The first kappa shape index (κ1) is 21.0. The minimum absolute atomic E-state index is 0.0210. The Kier molecular flexibility index (Phi) is 5.52. The molecule has 0 unspecified atom stereocenters. The number of hydrogen-bond acceptors (Lipinski definition) is 3. The van der Waals surface area contributed by atoms with Crippen molar-refractivity contribution < 1.29 is 9.59 Å². The van der Waals surface area contributed by atoms with Gasteiger partial charge in [-0.2, -0.15) is 0 Å². The maximum Gasteiger partial charge on any atom is 0.270 e. The summed E-state index contributed by atoms with van der Waals surface area (Å²) in [7, 11) is 0. The highest BCUT2D eigenvalue weighted by atomic mass is 35.5. The van der Waals surface area contributed by atoms with E-state index in [9.17, 15) is 9.59 Å². The van der Waals surface area contributed by atoms with E-state index >= 15 is 0 Å². The molecule has 3 aromatic rings. The van der Waals surface area contributed by atoms with Gasteiger partial charge in [0.05, 0.1) is 5.69 Å². The summed E-state index contributed by atoms with van der Waals surface area (Å²) in [6.45, 7) is 6.00. The molecule has 1 N–H and O–H groups in total. The van der Waals surface area contributed by atoms with Crippen molar-refractivity contribution in [2.75, 3.05) is 4.90 Å². The van der Waals surface area contributed by atoms with Gasteiger partial charge in [-0.05, 0) is 87.1 Å². The van der Waals surface area contributed by atoms with E-state index in [0.717, 1.165) is 22.6 Å². The lowest BCUT2D eigenvalue weighted by Gasteiger charge is -2.28. The number of rotatable bonds is 3. The lowest BCUT2D eigenvalue weighted by Crippen LogP contribution is -2.54. The second-order valence-electron chi connectivity index (χ2n) is 7.43. The fourth-order valence-electron chi connectivity index (χ4n) is 3.66.